The van der Waals surface area contributed by atoms with Crippen molar-refractivity contribution in [1.82, 2.24) is 5.32 Å². The van der Waals surface area contributed by atoms with Crippen LogP contribution < -0.4 is 15.0 Å². The lowest BCUT2D eigenvalue weighted by atomic mass is 10.0. The van der Waals surface area contributed by atoms with Gasteiger partial charge in [-0.15, -0.1) is 11.8 Å². The number of ketones is 1. The second-order valence-corrected chi connectivity index (χ2v) is 8.03. The predicted molar refractivity (Wildman–Crippen MR) is 114 cm³/mol. The molecule has 5 nitrogen and oxygen atoms in total. The van der Waals surface area contributed by atoms with Crippen LogP contribution in [0.1, 0.15) is 30.1 Å². The van der Waals surface area contributed by atoms with Gasteiger partial charge in [0.1, 0.15) is 11.6 Å². The van der Waals surface area contributed by atoms with Crippen LogP contribution in [0.15, 0.2) is 47.4 Å². The Bertz CT molecular complexity index is 865. The molecular weight excluding hydrogens is 391 g/mol. The molecule has 3 rings (SSSR count). The van der Waals surface area contributed by atoms with Gasteiger partial charge in [-0.3, -0.25) is 9.59 Å². The molecule has 1 fully saturated rings. The van der Waals surface area contributed by atoms with E-state index in [2.05, 4.69) is 10.2 Å². The van der Waals surface area contributed by atoms with Gasteiger partial charge in [-0.1, -0.05) is 6.07 Å². The second kappa shape index (κ2) is 9.78. The van der Waals surface area contributed by atoms with E-state index in [1.165, 1.54) is 13.0 Å². The van der Waals surface area contributed by atoms with Crippen molar-refractivity contribution in [2.75, 3.05) is 30.9 Å². The van der Waals surface area contributed by atoms with Gasteiger partial charge in [-0.05, 0) is 56.2 Å². The molecule has 1 N–H and O–H groups in total. The number of ether oxygens (including phenoxy) is 1. The Morgan fingerprint density at radius 2 is 1.86 bits per heavy atom. The van der Waals surface area contributed by atoms with Gasteiger partial charge in [0.05, 0.1) is 12.9 Å². The van der Waals surface area contributed by atoms with Gasteiger partial charge in [0.15, 0.2) is 5.78 Å². The van der Waals surface area contributed by atoms with Crippen LogP contribution in [0.5, 0.6) is 5.75 Å². The first-order valence-corrected chi connectivity index (χ1v) is 10.6. The Morgan fingerprint density at radius 3 is 2.45 bits per heavy atom. The predicted octanol–water partition coefficient (Wildman–Crippen LogP) is 3.91. The summed E-state index contributed by atoms with van der Waals surface area (Å²) in [6.45, 7) is 3.13. The number of piperidine rings is 1. The van der Waals surface area contributed by atoms with E-state index < -0.39 is 5.82 Å². The number of anilines is 1. The molecule has 2 aromatic carbocycles. The van der Waals surface area contributed by atoms with E-state index >= 15 is 0 Å². The lowest BCUT2D eigenvalue weighted by molar-refractivity contribution is -0.119. The normalized spacial score (nSPS) is 14.5. The van der Waals surface area contributed by atoms with E-state index in [0.29, 0.717) is 10.5 Å². The fourth-order valence-corrected chi connectivity index (χ4v) is 4.06. The van der Waals surface area contributed by atoms with Crippen LogP contribution in [-0.4, -0.2) is 43.7 Å². The number of methoxy groups -OCH3 is 1. The number of benzene rings is 2. The smallest absolute Gasteiger partial charge is 0.230 e. The summed E-state index contributed by atoms with van der Waals surface area (Å²) in [5.74, 6) is 0.228. The van der Waals surface area contributed by atoms with Crippen LogP contribution in [0.25, 0.3) is 0 Å². The Balaban J connectivity index is 1.44. The summed E-state index contributed by atoms with van der Waals surface area (Å²) in [5.41, 5.74) is 1.48. The van der Waals surface area contributed by atoms with Gasteiger partial charge in [0.25, 0.3) is 0 Å². The van der Waals surface area contributed by atoms with Crippen molar-refractivity contribution in [1.29, 1.82) is 0 Å². The third-order valence-corrected chi connectivity index (χ3v) is 6.04. The van der Waals surface area contributed by atoms with E-state index in [-0.39, 0.29) is 23.5 Å². The monoisotopic (exact) mass is 416 g/mol. The summed E-state index contributed by atoms with van der Waals surface area (Å²) < 4.78 is 19.2. The third-order valence-electron chi connectivity index (χ3n) is 4.99. The summed E-state index contributed by atoms with van der Waals surface area (Å²) in [6, 6.07) is 12.5. The zero-order valence-corrected chi connectivity index (χ0v) is 17.4. The Kier molecular flexibility index (Phi) is 7.14. The van der Waals surface area contributed by atoms with Crippen LogP contribution in [0.4, 0.5) is 10.1 Å². The Hall–Kier alpha value is -2.54. The third kappa shape index (κ3) is 5.73. The molecule has 0 aliphatic carbocycles. The molecular formula is C22H25FN2O3S. The fourth-order valence-electron chi connectivity index (χ4n) is 3.32. The molecule has 7 heteroatoms. The minimum atomic E-state index is -0.469. The second-order valence-electron chi connectivity index (χ2n) is 7.02. The topological polar surface area (TPSA) is 58.6 Å². The van der Waals surface area contributed by atoms with Gasteiger partial charge in [0.2, 0.25) is 5.91 Å². The quantitative estimate of drug-likeness (QED) is 0.548. The van der Waals surface area contributed by atoms with Crippen LogP contribution in [-0.2, 0) is 4.79 Å². The van der Waals surface area contributed by atoms with Gasteiger partial charge in [-0.2, -0.15) is 0 Å². The van der Waals surface area contributed by atoms with Gasteiger partial charge in [0, 0.05) is 35.3 Å². The molecule has 1 aliphatic heterocycles. The van der Waals surface area contributed by atoms with Crippen molar-refractivity contribution < 1.29 is 18.7 Å². The molecule has 2 aromatic rings. The molecule has 1 saturated heterocycles. The van der Waals surface area contributed by atoms with Crippen molar-refractivity contribution in [3.05, 3.63) is 53.8 Å². The van der Waals surface area contributed by atoms with E-state index in [0.717, 1.165) is 49.1 Å². The number of carbonyl (C=O) groups excluding carboxylic acids is 2. The molecule has 29 heavy (non-hydrogen) atoms. The van der Waals surface area contributed by atoms with Crippen molar-refractivity contribution in [3.63, 3.8) is 0 Å². The number of halogens is 1. The highest BCUT2D eigenvalue weighted by Crippen LogP contribution is 2.24. The molecule has 0 bridgehead atoms. The lowest BCUT2D eigenvalue weighted by Crippen LogP contribution is -2.45. The molecule has 1 heterocycles. The lowest BCUT2D eigenvalue weighted by Gasteiger charge is -2.34. The maximum absolute atomic E-state index is 14.1. The van der Waals surface area contributed by atoms with E-state index in [1.54, 1.807) is 19.2 Å². The minimum Gasteiger partial charge on any atom is -0.497 e. The molecule has 0 atom stereocenters. The maximum Gasteiger partial charge on any atom is 0.230 e. The van der Waals surface area contributed by atoms with Gasteiger partial charge >= 0.3 is 0 Å². The number of nitrogens with one attached hydrogen (secondary N) is 1. The fraction of sp³-hybridized carbons (Fsp3) is 0.364. The van der Waals surface area contributed by atoms with Crippen LogP contribution in [0, 0.1) is 5.82 Å². The van der Waals surface area contributed by atoms with Crippen LogP contribution >= 0.6 is 11.8 Å². The van der Waals surface area contributed by atoms with Crippen molar-refractivity contribution in [2.45, 2.75) is 30.7 Å². The molecule has 0 radical (unpaired) electrons. The number of rotatable bonds is 7. The summed E-state index contributed by atoms with van der Waals surface area (Å²) in [5, 5.41) is 3.05. The first-order chi connectivity index (χ1) is 14.0. The standard InChI is InChI=1S/C22H25FN2O3S/c1-15(26)16-3-8-21(20(23)13-16)29-14-22(27)24-17-9-11-25(12-10-17)18-4-6-19(28-2)7-5-18/h3-8,13,17H,9-12,14H2,1-2H3,(H,24,27). The van der Waals surface area contributed by atoms with Crippen molar-refractivity contribution in [2.24, 2.45) is 0 Å². The number of hydrogen-bond acceptors (Lipinski definition) is 5. The number of carbonyl (C=O) groups is 2. The zero-order chi connectivity index (χ0) is 20.8. The molecule has 154 valence electrons. The Morgan fingerprint density at radius 1 is 1.17 bits per heavy atom. The largest absolute Gasteiger partial charge is 0.497 e. The summed E-state index contributed by atoms with van der Waals surface area (Å²) in [7, 11) is 1.65. The first-order valence-electron chi connectivity index (χ1n) is 9.58. The Labute approximate surface area is 174 Å². The highest BCUT2D eigenvalue weighted by atomic mass is 32.2. The number of thioether (sulfide) groups is 1. The summed E-state index contributed by atoms with van der Waals surface area (Å²) in [4.78, 5) is 26.2. The van der Waals surface area contributed by atoms with E-state index in [4.69, 9.17) is 4.74 Å². The van der Waals surface area contributed by atoms with E-state index in [1.807, 2.05) is 24.3 Å². The number of amides is 1. The maximum atomic E-state index is 14.1. The zero-order valence-electron chi connectivity index (χ0n) is 16.6. The molecule has 1 aliphatic rings. The average molecular weight is 417 g/mol. The summed E-state index contributed by atoms with van der Waals surface area (Å²) in [6.07, 6.45) is 1.73. The average Bonchev–Trinajstić information content (AvgIpc) is 2.73. The van der Waals surface area contributed by atoms with E-state index in [9.17, 15) is 14.0 Å². The molecule has 0 unspecified atom stereocenters. The number of Topliss-reactive ketones (excluding diaryl/α,β-unsaturated/α-hetero) is 1. The molecule has 1 amide bonds. The number of nitrogens with zero attached hydrogens (tertiary/aromatic N) is 1. The van der Waals surface area contributed by atoms with Crippen LogP contribution in [0.2, 0.25) is 0 Å². The van der Waals surface area contributed by atoms with Gasteiger partial charge < -0.3 is 15.0 Å². The first kappa shape index (κ1) is 21.2. The SMILES string of the molecule is COc1ccc(N2CCC(NC(=O)CSc3ccc(C(C)=O)cc3F)CC2)cc1. The minimum absolute atomic E-state index is 0.104. The van der Waals surface area contributed by atoms with Crippen molar-refractivity contribution >= 4 is 29.1 Å². The molecule has 0 spiro atoms. The summed E-state index contributed by atoms with van der Waals surface area (Å²) >= 11 is 1.14. The van der Waals surface area contributed by atoms with Gasteiger partial charge in [-0.25, -0.2) is 4.39 Å². The van der Waals surface area contributed by atoms with Crippen LogP contribution in [0.3, 0.4) is 0 Å². The highest BCUT2D eigenvalue weighted by Gasteiger charge is 2.21. The molecule has 0 saturated carbocycles. The van der Waals surface area contributed by atoms with Crippen molar-refractivity contribution in [3.8, 4) is 5.75 Å². The molecule has 0 aromatic heterocycles. The highest BCUT2D eigenvalue weighted by molar-refractivity contribution is 8.00. The number of hydrogen-bond donors (Lipinski definition) is 1.